The van der Waals surface area contributed by atoms with Gasteiger partial charge in [0.25, 0.3) is 0 Å². The van der Waals surface area contributed by atoms with Crippen LogP contribution in [-0.2, 0) is 24.0 Å². The number of pyridine rings is 2. The number of hydrogen-bond donors (Lipinski definition) is 5. The molecule has 268 valence electrons. The lowest BCUT2D eigenvalue weighted by atomic mass is 10.1. The van der Waals surface area contributed by atoms with Gasteiger partial charge in [0.2, 0.25) is 5.91 Å². The highest BCUT2D eigenvalue weighted by Gasteiger charge is 2.19. The number of amides is 1. The molecule has 0 fully saturated rings. The van der Waals surface area contributed by atoms with Crippen LogP contribution in [0.4, 0.5) is 5.69 Å². The number of nitrogens with zero attached hydrogens (tertiary/aromatic N) is 5. The number of nitrogens with one attached hydrogen (secondary N) is 1. The van der Waals surface area contributed by atoms with E-state index in [9.17, 15) is 34.2 Å². The van der Waals surface area contributed by atoms with Crippen LogP contribution in [0.15, 0.2) is 66.9 Å². The Balaban J connectivity index is 0.00000345. The first kappa shape index (κ1) is 39.6. The number of benzene rings is 2. The van der Waals surface area contributed by atoms with E-state index in [1.165, 1.54) is 28.7 Å². The van der Waals surface area contributed by atoms with Gasteiger partial charge in [0.15, 0.2) is 0 Å². The van der Waals surface area contributed by atoms with Gasteiger partial charge < -0.3 is 26.4 Å². The van der Waals surface area contributed by atoms with Crippen LogP contribution in [0, 0.1) is 11.8 Å². The monoisotopic (exact) mass is 699 g/mol. The van der Waals surface area contributed by atoms with Crippen molar-refractivity contribution in [3.63, 3.8) is 0 Å². The Morgan fingerprint density at radius 1 is 0.667 bits per heavy atom. The van der Waals surface area contributed by atoms with E-state index in [4.69, 9.17) is 10.1 Å². The number of rotatable bonds is 17. The quantitative estimate of drug-likeness (QED) is 0.0778. The van der Waals surface area contributed by atoms with Crippen molar-refractivity contribution in [1.29, 1.82) is 0 Å². The van der Waals surface area contributed by atoms with Crippen LogP contribution in [0.2, 0.25) is 0 Å². The Labute approximate surface area is 294 Å². The number of carbonyl (C=O) groups is 5. The third kappa shape index (κ3) is 13.6. The molecular formula is C36H41N7O8. The van der Waals surface area contributed by atoms with E-state index in [2.05, 4.69) is 27.9 Å². The second-order valence-corrected chi connectivity index (χ2v) is 11.4. The molecule has 0 bridgehead atoms. The van der Waals surface area contributed by atoms with Crippen LogP contribution in [0.1, 0.15) is 18.2 Å². The van der Waals surface area contributed by atoms with Gasteiger partial charge in [-0.1, -0.05) is 24.1 Å². The molecule has 0 saturated carbocycles. The highest BCUT2D eigenvalue weighted by Crippen LogP contribution is 2.22. The van der Waals surface area contributed by atoms with Gasteiger partial charge in [-0.05, 0) is 62.4 Å². The molecule has 0 saturated heterocycles. The molecule has 0 aliphatic rings. The summed E-state index contributed by atoms with van der Waals surface area (Å²) < 4.78 is 0. The first-order valence-corrected chi connectivity index (χ1v) is 15.9. The SMILES string of the molecule is CC(=O)CN(CCN(CCN(CC(=O)O)CC(=O)Nc1ccc(C#Cc2ccc3ccc4cccnc4c3n2)cc1)CC(=O)O)CC(=O)O.CN. The minimum atomic E-state index is -1.17. The number of nitrogens with two attached hydrogens (primary N) is 1. The zero-order valence-electron chi connectivity index (χ0n) is 28.4. The Kier molecular flexibility index (Phi) is 15.6. The summed E-state index contributed by atoms with van der Waals surface area (Å²) in [5.74, 6) is 2.00. The average Bonchev–Trinajstić information content (AvgIpc) is 3.08. The maximum absolute atomic E-state index is 12.9. The van der Waals surface area contributed by atoms with Crippen LogP contribution >= 0.6 is 0 Å². The fourth-order valence-corrected chi connectivity index (χ4v) is 5.12. The third-order valence-electron chi connectivity index (χ3n) is 7.29. The van der Waals surface area contributed by atoms with E-state index < -0.39 is 43.4 Å². The van der Waals surface area contributed by atoms with E-state index in [-0.39, 0.29) is 45.1 Å². The van der Waals surface area contributed by atoms with Crippen LogP contribution in [0.25, 0.3) is 21.8 Å². The van der Waals surface area contributed by atoms with Crippen molar-refractivity contribution in [1.82, 2.24) is 24.7 Å². The van der Waals surface area contributed by atoms with Gasteiger partial charge in [0.1, 0.15) is 11.5 Å². The van der Waals surface area contributed by atoms with Crippen LogP contribution in [0.5, 0.6) is 0 Å². The van der Waals surface area contributed by atoms with Crippen molar-refractivity contribution >= 4 is 57.1 Å². The van der Waals surface area contributed by atoms with Gasteiger partial charge in [0.05, 0.1) is 43.8 Å². The normalized spacial score (nSPS) is 10.8. The van der Waals surface area contributed by atoms with Gasteiger partial charge in [-0.25, -0.2) is 4.98 Å². The van der Waals surface area contributed by atoms with Crippen LogP contribution in [-0.4, -0.2) is 136 Å². The summed E-state index contributed by atoms with van der Waals surface area (Å²) in [6.07, 6.45) is 1.73. The Hall–Kier alpha value is -5.79. The summed E-state index contributed by atoms with van der Waals surface area (Å²) in [6.45, 7) is 0.0306. The zero-order valence-corrected chi connectivity index (χ0v) is 28.4. The molecule has 51 heavy (non-hydrogen) atoms. The predicted octanol–water partition coefficient (Wildman–Crippen LogP) is 1.45. The fourth-order valence-electron chi connectivity index (χ4n) is 5.12. The molecule has 0 aliphatic heterocycles. The first-order valence-electron chi connectivity index (χ1n) is 15.9. The zero-order chi connectivity index (χ0) is 37.3. The molecule has 2 aromatic heterocycles. The highest BCUT2D eigenvalue weighted by molar-refractivity contribution is 6.02. The molecule has 4 aromatic rings. The van der Waals surface area contributed by atoms with E-state index >= 15 is 0 Å². The lowest BCUT2D eigenvalue weighted by molar-refractivity contribution is -0.140. The molecular weight excluding hydrogens is 658 g/mol. The molecule has 0 atom stereocenters. The number of anilines is 1. The summed E-state index contributed by atoms with van der Waals surface area (Å²) in [7, 11) is 1.50. The molecule has 1 amide bonds. The largest absolute Gasteiger partial charge is 0.480 e. The lowest BCUT2D eigenvalue weighted by Gasteiger charge is -2.27. The second-order valence-electron chi connectivity index (χ2n) is 11.4. The van der Waals surface area contributed by atoms with Crippen molar-refractivity contribution < 1.29 is 39.3 Å². The van der Waals surface area contributed by atoms with Gasteiger partial charge in [-0.3, -0.25) is 43.7 Å². The minimum Gasteiger partial charge on any atom is -0.480 e. The number of aromatic nitrogens is 2. The number of ketones is 1. The number of carboxylic acids is 3. The molecule has 6 N–H and O–H groups in total. The Morgan fingerprint density at radius 3 is 1.78 bits per heavy atom. The van der Waals surface area contributed by atoms with Crippen molar-refractivity contribution in [3.05, 3.63) is 78.1 Å². The number of aliphatic carboxylic acids is 3. The minimum absolute atomic E-state index is 0.0435. The highest BCUT2D eigenvalue weighted by atomic mass is 16.4. The summed E-state index contributed by atoms with van der Waals surface area (Å²) in [5.41, 5.74) is 7.81. The summed E-state index contributed by atoms with van der Waals surface area (Å²) in [4.78, 5) is 71.9. The molecule has 2 heterocycles. The fraction of sp³-hybridized carbons (Fsp3) is 0.306. The third-order valence-corrected chi connectivity index (χ3v) is 7.29. The lowest BCUT2D eigenvalue weighted by Crippen LogP contribution is -2.45. The van der Waals surface area contributed by atoms with Crippen molar-refractivity contribution in [2.75, 3.05) is 71.3 Å². The first-order chi connectivity index (χ1) is 24.4. The van der Waals surface area contributed by atoms with Gasteiger partial charge >= 0.3 is 17.9 Å². The van der Waals surface area contributed by atoms with E-state index in [1.807, 2.05) is 36.4 Å². The maximum atomic E-state index is 12.9. The van der Waals surface area contributed by atoms with Crippen molar-refractivity contribution in [2.24, 2.45) is 5.73 Å². The smallest absolute Gasteiger partial charge is 0.317 e. The van der Waals surface area contributed by atoms with Crippen molar-refractivity contribution in [2.45, 2.75) is 6.92 Å². The molecule has 0 aliphatic carbocycles. The van der Waals surface area contributed by atoms with E-state index in [0.29, 0.717) is 16.9 Å². The topological polar surface area (TPSA) is 220 Å². The molecule has 15 heteroatoms. The molecule has 4 rings (SSSR count). The molecule has 15 nitrogen and oxygen atoms in total. The average molecular weight is 700 g/mol. The molecule has 2 aromatic carbocycles. The van der Waals surface area contributed by atoms with Gasteiger partial charge in [-0.15, -0.1) is 0 Å². The van der Waals surface area contributed by atoms with Gasteiger partial charge in [-0.2, -0.15) is 0 Å². The van der Waals surface area contributed by atoms with Crippen LogP contribution < -0.4 is 11.1 Å². The number of carbonyl (C=O) groups excluding carboxylic acids is 2. The van der Waals surface area contributed by atoms with Crippen LogP contribution in [0.3, 0.4) is 0 Å². The maximum Gasteiger partial charge on any atom is 0.317 e. The number of hydrogen-bond acceptors (Lipinski definition) is 11. The summed E-state index contributed by atoms with van der Waals surface area (Å²) in [6, 6.07) is 18.4. The predicted molar refractivity (Wildman–Crippen MR) is 191 cm³/mol. The summed E-state index contributed by atoms with van der Waals surface area (Å²) in [5, 5.41) is 32.6. The van der Waals surface area contributed by atoms with Crippen molar-refractivity contribution in [3.8, 4) is 11.8 Å². The van der Waals surface area contributed by atoms with E-state index in [1.54, 1.807) is 30.5 Å². The molecule has 0 spiro atoms. The number of fused-ring (bicyclic) bond motifs is 3. The molecule has 0 radical (unpaired) electrons. The second kappa shape index (κ2) is 20.0. The Bertz CT molecular complexity index is 1890. The standard InChI is InChI=1S/C35H36N6O8.CH5N/c1-24(42)19-40(22-32(46)47)17-15-39(21-31(44)45)16-18-41(23-33(48)49)20-30(43)37-28-10-4-25(5-11-28)6-12-29-13-9-27-8-7-26-3-2-14-36-34(26)35(27)38-29;1-2/h2-5,7-11,13-14H,15-23H2,1H3,(H,37,43)(H,44,45)(H,46,47)(H,48,49);2H2,1H3. The van der Waals surface area contributed by atoms with Gasteiger partial charge in [0, 0.05) is 54.4 Å². The molecule has 0 unspecified atom stereocenters. The Morgan fingerprint density at radius 2 is 1.20 bits per heavy atom. The summed E-state index contributed by atoms with van der Waals surface area (Å²) >= 11 is 0. The number of Topliss-reactive ketones (excluding diaryl/α,β-unsaturated/α-hetero) is 1. The van der Waals surface area contributed by atoms with E-state index in [0.717, 1.165) is 21.8 Å². The number of carboxylic acid groups (broad SMARTS) is 3.